The monoisotopic (exact) mass is 255 g/mol. The van der Waals surface area contributed by atoms with E-state index >= 15 is 0 Å². The molecular formula is C12H21N3O3. The van der Waals surface area contributed by atoms with Crippen LogP contribution in [0.4, 0.5) is 0 Å². The van der Waals surface area contributed by atoms with Gasteiger partial charge in [-0.05, 0) is 6.42 Å². The Balaban J connectivity index is 1.71. The normalized spacial score (nSPS) is 26.4. The first-order valence-corrected chi connectivity index (χ1v) is 6.46. The van der Waals surface area contributed by atoms with Gasteiger partial charge in [-0.3, -0.25) is 14.9 Å². The fraction of sp³-hybridized carbons (Fsp3) is 0.750. The number of nitrogens with zero attached hydrogens (tertiary/aromatic N) is 2. The smallest absolute Gasteiger partial charge is 0.263 e. The maximum atomic E-state index is 11.8. The van der Waals surface area contributed by atoms with Crippen LogP contribution >= 0.6 is 0 Å². The highest BCUT2D eigenvalue weighted by molar-refractivity contribution is 5.81. The summed E-state index contributed by atoms with van der Waals surface area (Å²) in [6.45, 7) is 5.41. The fourth-order valence-corrected chi connectivity index (χ4v) is 2.17. The Bertz CT molecular complexity index is 303. The third kappa shape index (κ3) is 3.78. The van der Waals surface area contributed by atoms with Crippen LogP contribution in [0.15, 0.2) is 12.2 Å². The van der Waals surface area contributed by atoms with E-state index in [0.29, 0.717) is 6.42 Å². The molecule has 2 aliphatic rings. The van der Waals surface area contributed by atoms with Crippen LogP contribution in [-0.4, -0.2) is 73.1 Å². The molecule has 1 amide bonds. The molecule has 2 heterocycles. The number of carbonyl (C=O) groups excluding carboxylic acids is 1. The van der Waals surface area contributed by atoms with Crippen LogP contribution in [-0.2, 0) is 9.53 Å². The van der Waals surface area contributed by atoms with Crippen molar-refractivity contribution in [2.75, 3.05) is 45.9 Å². The average molecular weight is 255 g/mol. The van der Waals surface area contributed by atoms with E-state index in [4.69, 9.17) is 4.74 Å². The van der Waals surface area contributed by atoms with Crippen LogP contribution in [0.3, 0.4) is 0 Å². The van der Waals surface area contributed by atoms with E-state index in [-0.39, 0.29) is 18.5 Å². The third-order valence-corrected chi connectivity index (χ3v) is 3.29. The molecule has 1 fully saturated rings. The predicted octanol–water partition coefficient (Wildman–Crippen LogP) is -0.545. The number of nitrogens with one attached hydrogen (secondary N) is 1. The summed E-state index contributed by atoms with van der Waals surface area (Å²) in [6, 6.07) is -0.310. The standard InChI is InChI=1S/C12H21N3O3/c16-12-11(3-1-2-5-15(12)17)13-4-6-14-7-9-18-10-8-14/h1-2,11,13,17H,3-10H2. The molecule has 0 saturated carbocycles. The maximum absolute atomic E-state index is 11.8. The van der Waals surface area contributed by atoms with E-state index in [1.54, 1.807) is 0 Å². The van der Waals surface area contributed by atoms with Crippen LogP contribution < -0.4 is 5.32 Å². The largest absolute Gasteiger partial charge is 0.379 e. The van der Waals surface area contributed by atoms with Gasteiger partial charge < -0.3 is 10.1 Å². The number of hydrogen-bond acceptors (Lipinski definition) is 5. The van der Waals surface area contributed by atoms with Crippen LogP contribution in [0.1, 0.15) is 6.42 Å². The highest BCUT2D eigenvalue weighted by atomic mass is 16.5. The Labute approximate surface area is 107 Å². The summed E-state index contributed by atoms with van der Waals surface area (Å²) in [5.41, 5.74) is 0. The fourth-order valence-electron chi connectivity index (χ4n) is 2.17. The lowest BCUT2D eigenvalue weighted by Crippen LogP contribution is -2.47. The number of carbonyl (C=O) groups is 1. The molecule has 0 aliphatic carbocycles. The lowest BCUT2D eigenvalue weighted by Gasteiger charge is -2.27. The minimum atomic E-state index is -0.310. The molecule has 102 valence electrons. The lowest BCUT2D eigenvalue weighted by atomic mass is 10.2. The summed E-state index contributed by atoms with van der Waals surface area (Å²) in [4.78, 5) is 14.1. The SMILES string of the molecule is O=C1C(NCCN2CCOCC2)CC=CCN1O. The lowest BCUT2D eigenvalue weighted by molar-refractivity contribution is -0.164. The average Bonchev–Trinajstić information content (AvgIpc) is 2.55. The molecule has 1 atom stereocenters. The zero-order chi connectivity index (χ0) is 12.8. The molecule has 0 aromatic carbocycles. The van der Waals surface area contributed by atoms with Gasteiger partial charge in [0.15, 0.2) is 0 Å². The second-order valence-corrected chi connectivity index (χ2v) is 4.59. The van der Waals surface area contributed by atoms with Crippen molar-refractivity contribution in [1.82, 2.24) is 15.3 Å². The summed E-state index contributed by atoms with van der Waals surface area (Å²) < 4.78 is 5.28. The maximum Gasteiger partial charge on any atom is 0.263 e. The van der Waals surface area contributed by atoms with Crippen LogP contribution in [0.5, 0.6) is 0 Å². The van der Waals surface area contributed by atoms with E-state index in [1.165, 1.54) is 0 Å². The van der Waals surface area contributed by atoms with Gasteiger partial charge in [-0.25, -0.2) is 5.06 Å². The number of ether oxygens (including phenoxy) is 1. The van der Waals surface area contributed by atoms with Crippen LogP contribution in [0.25, 0.3) is 0 Å². The van der Waals surface area contributed by atoms with Crippen molar-refractivity contribution >= 4 is 5.91 Å². The van der Waals surface area contributed by atoms with Gasteiger partial charge in [0.25, 0.3) is 5.91 Å². The number of hydrogen-bond donors (Lipinski definition) is 2. The Hall–Kier alpha value is -0.950. The van der Waals surface area contributed by atoms with Gasteiger partial charge >= 0.3 is 0 Å². The molecular weight excluding hydrogens is 234 g/mol. The quantitative estimate of drug-likeness (QED) is 0.521. The van der Waals surface area contributed by atoms with Crippen molar-refractivity contribution in [2.45, 2.75) is 12.5 Å². The third-order valence-electron chi connectivity index (χ3n) is 3.29. The Morgan fingerprint density at radius 3 is 2.94 bits per heavy atom. The first kappa shape index (κ1) is 13.5. The Kier molecular flexibility index (Phi) is 5.12. The van der Waals surface area contributed by atoms with E-state index in [0.717, 1.165) is 44.5 Å². The summed E-state index contributed by atoms with van der Waals surface area (Å²) in [7, 11) is 0. The summed E-state index contributed by atoms with van der Waals surface area (Å²) in [6.07, 6.45) is 4.38. The Morgan fingerprint density at radius 2 is 2.17 bits per heavy atom. The van der Waals surface area contributed by atoms with E-state index < -0.39 is 0 Å². The van der Waals surface area contributed by atoms with Crippen molar-refractivity contribution in [3.63, 3.8) is 0 Å². The zero-order valence-electron chi connectivity index (χ0n) is 10.5. The van der Waals surface area contributed by atoms with Gasteiger partial charge in [-0.15, -0.1) is 0 Å². The summed E-state index contributed by atoms with van der Waals surface area (Å²) >= 11 is 0. The molecule has 0 spiro atoms. The van der Waals surface area contributed by atoms with Crippen molar-refractivity contribution in [3.05, 3.63) is 12.2 Å². The molecule has 2 aliphatic heterocycles. The topological polar surface area (TPSA) is 65.0 Å². The molecule has 0 bridgehead atoms. The zero-order valence-corrected chi connectivity index (χ0v) is 10.5. The van der Waals surface area contributed by atoms with Crippen LogP contribution in [0.2, 0.25) is 0 Å². The van der Waals surface area contributed by atoms with Gasteiger partial charge in [0.2, 0.25) is 0 Å². The molecule has 6 heteroatoms. The molecule has 0 radical (unpaired) electrons. The minimum absolute atomic E-state index is 0.248. The van der Waals surface area contributed by atoms with E-state index in [9.17, 15) is 10.0 Å². The van der Waals surface area contributed by atoms with Gasteiger partial charge in [-0.1, -0.05) is 12.2 Å². The van der Waals surface area contributed by atoms with Crippen molar-refractivity contribution in [2.24, 2.45) is 0 Å². The molecule has 2 rings (SSSR count). The van der Waals surface area contributed by atoms with Crippen molar-refractivity contribution in [3.8, 4) is 0 Å². The molecule has 0 aromatic heterocycles. The summed E-state index contributed by atoms with van der Waals surface area (Å²) in [5, 5.41) is 13.4. The molecule has 0 aromatic rings. The number of morpholine rings is 1. The van der Waals surface area contributed by atoms with Gasteiger partial charge in [0, 0.05) is 26.2 Å². The number of hydroxylamine groups is 2. The molecule has 18 heavy (non-hydrogen) atoms. The number of rotatable bonds is 4. The minimum Gasteiger partial charge on any atom is -0.379 e. The highest BCUT2D eigenvalue weighted by Gasteiger charge is 2.23. The molecule has 6 nitrogen and oxygen atoms in total. The molecule has 2 N–H and O–H groups in total. The van der Waals surface area contributed by atoms with Gasteiger partial charge in [0.05, 0.1) is 25.8 Å². The molecule has 1 saturated heterocycles. The highest BCUT2D eigenvalue weighted by Crippen LogP contribution is 2.04. The van der Waals surface area contributed by atoms with Crippen molar-refractivity contribution in [1.29, 1.82) is 0 Å². The van der Waals surface area contributed by atoms with Crippen LogP contribution in [0, 0.1) is 0 Å². The molecule has 1 unspecified atom stereocenters. The van der Waals surface area contributed by atoms with Gasteiger partial charge in [0.1, 0.15) is 0 Å². The van der Waals surface area contributed by atoms with E-state index in [1.807, 2.05) is 12.2 Å². The second-order valence-electron chi connectivity index (χ2n) is 4.59. The van der Waals surface area contributed by atoms with E-state index in [2.05, 4.69) is 10.2 Å². The first-order valence-electron chi connectivity index (χ1n) is 6.46. The Morgan fingerprint density at radius 1 is 1.39 bits per heavy atom. The van der Waals surface area contributed by atoms with Gasteiger partial charge in [-0.2, -0.15) is 0 Å². The predicted molar refractivity (Wildman–Crippen MR) is 66.3 cm³/mol. The van der Waals surface area contributed by atoms with Crippen molar-refractivity contribution < 1.29 is 14.7 Å². The first-order chi connectivity index (χ1) is 8.77. The number of amides is 1. The second kappa shape index (κ2) is 6.84. The summed E-state index contributed by atoms with van der Waals surface area (Å²) in [5.74, 6) is -0.248.